The van der Waals surface area contributed by atoms with Crippen LogP contribution in [0.15, 0.2) is 33.7 Å². The first-order chi connectivity index (χ1) is 11.8. The molecule has 6 nitrogen and oxygen atoms in total. The van der Waals surface area contributed by atoms with Crippen molar-refractivity contribution in [1.82, 2.24) is 9.46 Å². The molecule has 0 amide bonds. The zero-order chi connectivity index (χ0) is 18.2. The van der Waals surface area contributed by atoms with Crippen LogP contribution in [-0.2, 0) is 10.0 Å². The molecule has 0 spiro atoms. The average molecular weight is 385 g/mol. The van der Waals surface area contributed by atoms with Gasteiger partial charge in [0.05, 0.1) is 28.8 Å². The topological polar surface area (TPSA) is 72.6 Å². The minimum atomic E-state index is -3.69. The van der Waals surface area contributed by atoms with Crippen molar-refractivity contribution in [2.24, 2.45) is 0 Å². The number of hydrogen-bond donors (Lipinski definition) is 0. The number of methoxy groups -OCH3 is 1. The molecule has 1 saturated heterocycles. The second-order valence-corrected chi connectivity index (χ2v) is 8.68. The van der Waals surface area contributed by atoms with Crippen LogP contribution in [0.5, 0.6) is 5.75 Å². The smallest absolute Gasteiger partial charge is 0.243 e. The van der Waals surface area contributed by atoms with Gasteiger partial charge in [-0.1, -0.05) is 30.6 Å². The zero-order valence-corrected chi connectivity index (χ0v) is 16.0. The Balaban J connectivity index is 1.93. The summed E-state index contributed by atoms with van der Waals surface area (Å²) in [5.41, 5.74) is 0.826. The van der Waals surface area contributed by atoms with E-state index < -0.39 is 10.0 Å². The van der Waals surface area contributed by atoms with Gasteiger partial charge in [-0.3, -0.25) is 0 Å². The second-order valence-electron chi connectivity index (χ2n) is 6.38. The van der Waals surface area contributed by atoms with E-state index in [1.807, 2.05) is 19.9 Å². The van der Waals surface area contributed by atoms with Crippen molar-refractivity contribution >= 4 is 21.6 Å². The fraction of sp³-hybridized carbons (Fsp3) is 0.471. The average Bonchev–Trinajstić information content (AvgIpc) is 3.23. The van der Waals surface area contributed by atoms with E-state index in [-0.39, 0.29) is 21.9 Å². The fourth-order valence-corrected chi connectivity index (χ4v) is 5.00. The van der Waals surface area contributed by atoms with E-state index in [2.05, 4.69) is 5.16 Å². The Labute approximate surface area is 152 Å². The summed E-state index contributed by atoms with van der Waals surface area (Å²) in [4.78, 5) is 0.147. The predicted octanol–water partition coefficient (Wildman–Crippen LogP) is 3.99. The third-order valence-corrected chi connectivity index (χ3v) is 6.60. The van der Waals surface area contributed by atoms with Gasteiger partial charge in [-0.15, -0.1) is 0 Å². The van der Waals surface area contributed by atoms with Crippen molar-refractivity contribution in [1.29, 1.82) is 0 Å². The molecule has 0 saturated carbocycles. The van der Waals surface area contributed by atoms with Crippen LogP contribution in [0.4, 0.5) is 0 Å². The van der Waals surface area contributed by atoms with Gasteiger partial charge in [0.1, 0.15) is 5.75 Å². The number of halogens is 1. The highest BCUT2D eigenvalue weighted by Gasteiger charge is 2.38. The maximum Gasteiger partial charge on any atom is 0.243 e. The van der Waals surface area contributed by atoms with Crippen molar-refractivity contribution in [2.45, 2.75) is 43.5 Å². The molecule has 25 heavy (non-hydrogen) atoms. The van der Waals surface area contributed by atoms with Crippen LogP contribution < -0.4 is 4.74 Å². The summed E-state index contributed by atoms with van der Waals surface area (Å²) in [7, 11) is -2.20. The summed E-state index contributed by atoms with van der Waals surface area (Å²) in [5.74, 6) is 1.25. The molecular formula is C17H21ClN2O4S. The lowest BCUT2D eigenvalue weighted by Crippen LogP contribution is -2.30. The number of nitrogens with zero attached hydrogens (tertiary/aromatic N) is 2. The first-order valence-electron chi connectivity index (χ1n) is 8.16. The molecule has 136 valence electrons. The lowest BCUT2D eigenvalue weighted by molar-refractivity contribution is 0.295. The molecule has 1 aromatic carbocycles. The van der Waals surface area contributed by atoms with Crippen LogP contribution in [-0.4, -0.2) is 31.5 Å². The first-order valence-corrected chi connectivity index (χ1v) is 9.98. The fourth-order valence-electron chi connectivity index (χ4n) is 2.99. The molecule has 0 unspecified atom stereocenters. The molecule has 2 heterocycles. The summed E-state index contributed by atoms with van der Waals surface area (Å²) in [6, 6.07) is 6.00. The van der Waals surface area contributed by atoms with Crippen LogP contribution in [0.2, 0.25) is 5.02 Å². The third-order valence-electron chi connectivity index (χ3n) is 4.40. The van der Waals surface area contributed by atoms with Crippen LogP contribution in [0.3, 0.4) is 0 Å². The molecule has 8 heteroatoms. The molecule has 0 aliphatic carbocycles. The van der Waals surface area contributed by atoms with E-state index in [4.69, 9.17) is 20.9 Å². The Kier molecular flexibility index (Phi) is 5.09. The van der Waals surface area contributed by atoms with Crippen molar-refractivity contribution in [2.75, 3.05) is 13.7 Å². The van der Waals surface area contributed by atoms with Crippen LogP contribution in [0.25, 0.3) is 0 Å². The van der Waals surface area contributed by atoms with Crippen LogP contribution in [0.1, 0.15) is 50.1 Å². The Bertz CT molecular complexity index is 863. The number of sulfonamides is 1. The highest BCUT2D eigenvalue weighted by Crippen LogP contribution is 2.38. The minimum absolute atomic E-state index is 0.147. The number of rotatable bonds is 5. The lowest BCUT2D eigenvalue weighted by Gasteiger charge is -2.22. The largest absolute Gasteiger partial charge is 0.495 e. The van der Waals surface area contributed by atoms with Gasteiger partial charge >= 0.3 is 0 Å². The minimum Gasteiger partial charge on any atom is -0.495 e. The molecule has 0 radical (unpaired) electrons. The van der Waals surface area contributed by atoms with Crippen molar-refractivity contribution in [3.8, 4) is 5.75 Å². The Morgan fingerprint density at radius 1 is 1.36 bits per heavy atom. The lowest BCUT2D eigenvalue weighted by atomic mass is 10.1. The number of hydrogen-bond acceptors (Lipinski definition) is 5. The van der Waals surface area contributed by atoms with E-state index in [1.54, 1.807) is 6.07 Å². The molecule has 1 aliphatic rings. The van der Waals surface area contributed by atoms with E-state index in [0.717, 1.165) is 12.1 Å². The number of ether oxygens (including phenoxy) is 1. The Morgan fingerprint density at radius 2 is 2.12 bits per heavy atom. The molecule has 3 rings (SSSR count). The maximum absolute atomic E-state index is 13.1. The maximum atomic E-state index is 13.1. The highest BCUT2D eigenvalue weighted by molar-refractivity contribution is 7.89. The van der Waals surface area contributed by atoms with Gasteiger partial charge in [-0.05, 0) is 37.0 Å². The molecular weight excluding hydrogens is 364 g/mol. The van der Waals surface area contributed by atoms with Crippen LogP contribution in [0, 0.1) is 0 Å². The second kappa shape index (κ2) is 6.97. The van der Waals surface area contributed by atoms with Crippen molar-refractivity contribution < 1.29 is 17.7 Å². The molecule has 1 fully saturated rings. The van der Waals surface area contributed by atoms with Gasteiger partial charge in [0.25, 0.3) is 0 Å². The summed E-state index contributed by atoms with van der Waals surface area (Å²) in [6.07, 6.45) is 1.47. The summed E-state index contributed by atoms with van der Waals surface area (Å²) in [5, 5.41) is 4.32. The van der Waals surface area contributed by atoms with Gasteiger partial charge in [-0.25, -0.2) is 8.42 Å². The molecule has 2 aromatic rings. The van der Waals surface area contributed by atoms with Gasteiger partial charge < -0.3 is 9.26 Å². The summed E-state index contributed by atoms with van der Waals surface area (Å²) in [6.45, 7) is 4.47. The SMILES string of the molecule is COc1ccc(S(=O)(=O)N2CCC[C@H]2c2cc(C(C)C)no2)cc1Cl. The van der Waals surface area contributed by atoms with Gasteiger partial charge in [0.2, 0.25) is 10.0 Å². The highest BCUT2D eigenvalue weighted by atomic mass is 35.5. The van der Waals surface area contributed by atoms with E-state index >= 15 is 0 Å². The first kappa shape index (κ1) is 18.2. The summed E-state index contributed by atoms with van der Waals surface area (Å²) >= 11 is 6.10. The Hall–Kier alpha value is -1.57. The zero-order valence-electron chi connectivity index (χ0n) is 14.4. The molecule has 1 aromatic heterocycles. The third kappa shape index (κ3) is 3.41. The van der Waals surface area contributed by atoms with E-state index in [0.29, 0.717) is 24.5 Å². The molecule has 0 bridgehead atoms. The molecule has 1 atom stereocenters. The van der Waals surface area contributed by atoms with Gasteiger partial charge in [0, 0.05) is 12.6 Å². The van der Waals surface area contributed by atoms with Crippen molar-refractivity contribution in [3.63, 3.8) is 0 Å². The predicted molar refractivity (Wildman–Crippen MR) is 94.5 cm³/mol. The Morgan fingerprint density at radius 3 is 2.72 bits per heavy atom. The monoisotopic (exact) mass is 384 g/mol. The van der Waals surface area contributed by atoms with Gasteiger partial charge in [0.15, 0.2) is 5.76 Å². The van der Waals surface area contributed by atoms with Crippen LogP contribution >= 0.6 is 11.6 Å². The van der Waals surface area contributed by atoms with E-state index in [9.17, 15) is 8.42 Å². The number of aromatic nitrogens is 1. The molecule has 0 N–H and O–H groups in total. The number of benzene rings is 1. The summed E-state index contributed by atoms with van der Waals surface area (Å²) < 4.78 is 38.1. The quantitative estimate of drug-likeness (QED) is 0.779. The van der Waals surface area contributed by atoms with E-state index in [1.165, 1.54) is 23.5 Å². The van der Waals surface area contributed by atoms with Crippen molar-refractivity contribution in [3.05, 3.63) is 40.7 Å². The standard InChI is InChI=1S/C17H21ClN2O4S/c1-11(2)14-10-17(24-19-14)15-5-4-8-20(15)25(21,22)12-6-7-16(23-3)13(18)9-12/h6-7,9-11,15H,4-5,8H2,1-3H3/t15-/m0/s1. The van der Waals surface area contributed by atoms with Gasteiger partial charge in [-0.2, -0.15) is 4.31 Å². The molecule has 1 aliphatic heterocycles. The normalized spacial score (nSPS) is 18.8.